The Labute approximate surface area is 172 Å². The molecule has 29 heavy (non-hydrogen) atoms. The summed E-state index contributed by atoms with van der Waals surface area (Å²) in [6, 6.07) is 6.15. The molecule has 0 aliphatic heterocycles. The van der Waals surface area contributed by atoms with Gasteiger partial charge in [-0.15, -0.1) is 0 Å². The van der Waals surface area contributed by atoms with Crippen LogP contribution in [-0.4, -0.2) is 43.4 Å². The number of aryl methyl sites for hydroxylation is 4. The van der Waals surface area contributed by atoms with Crippen molar-refractivity contribution in [2.45, 2.75) is 47.2 Å². The van der Waals surface area contributed by atoms with Crippen LogP contribution in [0.4, 0.5) is 0 Å². The van der Waals surface area contributed by atoms with Crippen molar-refractivity contribution in [3.63, 3.8) is 0 Å². The Hall–Kier alpha value is -3.16. The Kier molecular flexibility index (Phi) is 6.99. The predicted molar refractivity (Wildman–Crippen MR) is 115 cm³/mol. The Morgan fingerprint density at radius 3 is 2.62 bits per heavy atom. The second-order valence-electron chi connectivity index (χ2n) is 6.99. The third-order valence-corrected chi connectivity index (χ3v) is 4.59. The van der Waals surface area contributed by atoms with Gasteiger partial charge in [-0.2, -0.15) is 5.10 Å². The van der Waals surface area contributed by atoms with Crippen LogP contribution in [0.5, 0.6) is 0 Å². The van der Waals surface area contributed by atoms with E-state index < -0.39 is 0 Å². The molecule has 3 heterocycles. The van der Waals surface area contributed by atoms with Gasteiger partial charge in [0.2, 0.25) is 0 Å². The van der Waals surface area contributed by atoms with E-state index in [1.54, 1.807) is 6.20 Å². The minimum absolute atomic E-state index is 0.572. The summed E-state index contributed by atoms with van der Waals surface area (Å²) in [5.74, 6) is 2.60. The zero-order chi connectivity index (χ0) is 20.6. The molecule has 0 bridgehead atoms. The van der Waals surface area contributed by atoms with E-state index in [1.165, 1.54) is 5.69 Å². The van der Waals surface area contributed by atoms with Crippen LogP contribution in [0.1, 0.15) is 36.1 Å². The molecular weight excluding hydrogens is 364 g/mol. The summed E-state index contributed by atoms with van der Waals surface area (Å²) in [6.07, 6.45) is 6.53. The van der Waals surface area contributed by atoms with Crippen LogP contribution in [0.3, 0.4) is 0 Å². The molecular formula is C21H30N8. The maximum atomic E-state index is 4.67. The maximum absolute atomic E-state index is 4.67. The van der Waals surface area contributed by atoms with Gasteiger partial charge in [0.25, 0.3) is 0 Å². The molecule has 0 radical (unpaired) electrons. The number of pyridine rings is 1. The van der Waals surface area contributed by atoms with Crippen LogP contribution in [0.15, 0.2) is 41.8 Å². The molecule has 0 aromatic carbocycles. The second kappa shape index (κ2) is 9.86. The first kappa shape index (κ1) is 20.6. The zero-order valence-electron chi connectivity index (χ0n) is 17.7. The smallest absolute Gasteiger partial charge is 0.191 e. The lowest BCUT2D eigenvalue weighted by Crippen LogP contribution is -2.38. The molecule has 3 aromatic heterocycles. The number of aliphatic imine (C=N–C) groups is 1. The van der Waals surface area contributed by atoms with Crippen molar-refractivity contribution in [1.29, 1.82) is 0 Å². The quantitative estimate of drug-likeness (QED) is 0.348. The number of aromatic nitrogens is 5. The summed E-state index contributed by atoms with van der Waals surface area (Å²) in [5.41, 5.74) is 3.32. The summed E-state index contributed by atoms with van der Waals surface area (Å²) >= 11 is 0. The molecule has 154 valence electrons. The molecule has 0 aliphatic carbocycles. The summed E-state index contributed by atoms with van der Waals surface area (Å²) in [5, 5.41) is 11.2. The molecule has 0 saturated carbocycles. The molecule has 8 heteroatoms. The molecule has 8 nitrogen and oxygen atoms in total. The lowest BCUT2D eigenvalue weighted by molar-refractivity contribution is 0.555. The lowest BCUT2D eigenvalue weighted by atomic mass is 10.3. The number of hydrogen-bond donors (Lipinski definition) is 2. The highest BCUT2D eigenvalue weighted by molar-refractivity contribution is 5.79. The van der Waals surface area contributed by atoms with Gasteiger partial charge < -0.3 is 10.6 Å². The van der Waals surface area contributed by atoms with Crippen LogP contribution >= 0.6 is 0 Å². The highest BCUT2D eigenvalue weighted by atomic mass is 15.3. The third-order valence-electron chi connectivity index (χ3n) is 4.59. The van der Waals surface area contributed by atoms with Crippen molar-refractivity contribution >= 4 is 5.96 Å². The van der Waals surface area contributed by atoms with E-state index in [-0.39, 0.29) is 0 Å². The Balaban J connectivity index is 1.52. The second-order valence-corrected chi connectivity index (χ2v) is 6.99. The van der Waals surface area contributed by atoms with E-state index in [4.69, 9.17) is 0 Å². The van der Waals surface area contributed by atoms with Gasteiger partial charge in [0, 0.05) is 43.9 Å². The van der Waals surface area contributed by atoms with Crippen molar-refractivity contribution in [2.75, 3.05) is 13.1 Å². The molecule has 0 aliphatic rings. The van der Waals surface area contributed by atoms with E-state index in [0.717, 1.165) is 54.9 Å². The summed E-state index contributed by atoms with van der Waals surface area (Å²) in [6.45, 7) is 11.3. The largest absolute Gasteiger partial charge is 0.357 e. The van der Waals surface area contributed by atoms with Crippen molar-refractivity contribution in [1.82, 2.24) is 34.9 Å². The average Bonchev–Trinajstić information content (AvgIpc) is 3.28. The van der Waals surface area contributed by atoms with Crippen molar-refractivity contribution in [2.24, 2.45) is 4.99 Å². The summed E-state index contributed by atoms with van der Waals surface area (Å²) in [7, 11) is 0. The van der Waals surface area contributed by atoms with Gasteiger partial charge in [0.1, 0.15) is 11.6 Å². The molecule has 0 spiro atoms. The van der Waals surface area contributed by atoms with Crippen LogP contribution in [0.25, 0.3) is 5.82 Å². The Morgan fingerprint density at radius 1 is 1.14 bits per heavy atom. The number of hydrogen-bond acceptors (Lipinski definition) is 4. The van der Waals surface area contributed by atoms with E-state index in [0.29, 0.717) is 6.54 Å². The first-order chi connectivity index (χ1) is 14.1. The third kappa shape index (κ3) is 5.66. The van der Waals surface area contributed by atoms with Crippen LogP contribution < -0.4 is 10.6 Å². The SMILES string of the molecule is CCNC(=NCc1ccc(-n2ccnc2C)nc1)NCCCn1nc(C)cc1C. The van der Waals surface area contributed by atoms with E-state index in [1.807, 2.05) is 36.9 Å². The first-order valence-electron chi connectivity index (χ1n) is 10.1. The van der Waals surface area contributed by atoms with E-state index >= 15 is 0 Å². The standard InChI is InChI=1S/C21H30N8/c1-5-22-21(24-9-6-11-29-17(3)13-16(2)27-29)26-15-19-7-8-20(25-14-19)28-12-10-23-18(28)4/h7-8,10,12-14H,5-6,9,11,15H2,1-4H3,(H2,22,24,26). The molecule has 0 atom stereocenters. The highest BCUT2D eigenvalue weighted by Gasteiger charge is 2.03. The fourth-order valence-corrected chi connectivity index (χ4v) is 3.12. The van der Waals surface area contributed by atoms with Gasteiger partial charge in [-0.1, -0.05) is 6.07 Å². The molecule has 0 unspecified atom stereocenters. The monoisotopic (exact) mass is 394 g/mol. The first-order valence-corrected chi connectivity index (χ1v) is 10.1. The number of nitrogens with one attached hydrogen (secondary N) is 2. The highest BCUT2D eigenvalue weighted by Crippen LogP contribution is 2.09. The Morgan fingerprint density at radius 2 is 2.00 bits per heavy atom. The minimum Gasteiger partial charge on any atom is -0.357 e. The topological polar surface area (TPSA) is 85.0 Å². The summed E-state index contributed by atoms with van der Waals surface area (Å²) < 4.78 is 4.01. The summed E-state index contributed by atoms with van der Waals surface area (Å²) in [4.78, 5) is 13.4. The molecule has 0 saturated heterocycles. The van der Waals surface area contributed by atoms with E-state index in [2.05, 4.69) is 61.4 Å². The number of nitrogens with zero attached hydrogens (tertiary/aromatic N) is 6. The molecule has 3 aromatic rings. The zero-order valence-corrected chi connectivity index (χ0v) is 17.7. The van der Waals surface area contributed by atoms with Gasteiger partial charge in [-0.3, -0.25) is 9.25 Å². The molecule has 0 fully saturated rings. The van der Waals surface area contributed by atoms with Gasteiger partial charge in [0.15, 0.2) is 5.96 Å². The predicted octanol–water partition coefficient (Wildman–Crippen LogP) is 2.53. The number of rotatable bonds is 8. The van der Waals surface area contributed by atoms with Gasteiger partial charge in [-0.25, -0.2) is 15.0 Å². The van der Waals surface area contributed by atoms with Crippen LogP contribution in [0, 0.1) is 20.8 Å². The van der Waals surface area contributed by atoms with Crippen molar-refractivity contribution in [3.05, 3.63) is 59.6 Å². The van der Waals surface area contributed by atoms with Crippen LogP contribution in [-0.2, 0) is 13.1 Å². The lowest BCUT2D eigenvalue weighted by Gasteiger charge is -2.12. The van der Waals surface area contributed by atoms with Crippen molar-refractivity contribution in [3.8, 4) is 5.82 Å². The molecule has 3 rings (SSSR count). The number of imidazole rings is 1. The van der Waals surface area contributed by atoms with Gasteiger partial charge in [-0.05, 0) is 51.8 Å². The fourth-order valence-electron chi connectivity index (χ4n) is 3.12. The number of guanidine groups is 1. The normalized spacial score (nSPS) is 11.7. The Bertz CT molecular complexity index is 936. The molecule has 0 amide bonds. The van der Waals surface area contributed by atoms with E-state index in [9.17, 15) is 0 Å². The van der Waals surface area contributed by atoms with Crippen molar-refractivity contribution < 1.29 is 0 Å². The van der Waals surface area contributed by atoms with Gasteiger partial charge in [0.05, 0.1) is 12.2 Å². The minimum atomic E-state index is 0.572. The maximum Gasteiger partial charge on any atom is 0.191 e. The van der Waals surface area contributed by atoms with Gasteiger partial charge >= 0.3 is 0 Å². The fraction of sp³-hybridized carbons (Fsp3) is 0.429. The average molecular weight is 395 g/mol. The van der Waals surface area contributed by atoms with Crippen LogP contribution in [0.2, 0.25) is 0 Å². The molecule has 2 N–H and O–H groups in total.